The largest absolute Gasteiger partial charge is 0.368 e. The van der Waals surface area contributed by atoms with Gasteiger partial charge in [-0.2, -0.15) is 0 Å². The molecular weight excluding hydrogens is 463 g/mol. The fourth-order valence-electron chi connectivity index (χ4n) is 3.92. The van der Waals surface area contributed by atoms with Crippen LogP contribution < -0.4 is 10.2 Å². The Kier molecular flexibility index (Phi) is 9.30. The van der Waals surface area contributed by atoms with Gasteiger partial charge in [0.25, 0.3) is 0 Å². The number of piperazine rings is 2. The van der Waals surface area contributed by atoms with Crippen LogP contribution in [0, 0.1) is 6.92 Å². The van der Waals surface area contributed by atoms with Crippen molar-refractivity contribution in [3.05, 3.63) is 29.8 Å². The van der Waals surface area contributed by atoms with E-state index in [1.807, 2.05) is 0 Å². The van der Waals surface area contributed by atoms with Crippen LogP contribution in [-0.2, 0) is 0 Å². The summed E-state index contributed by atoms with van der Waals surface area (Å²) in [5, 5.41) is 3.51. The van der Waals surface area contributed by atoms with Crippen LogP contribution in [-0.4, -0.2) is 99.7 Å². The summed E-state index contributed by atoms with van der Waals surface area (Å²) in [7, 11) is 4.43. The highest BCUT2D eigenvalue weighted by Crippen LogP contribution is 2.18. The number of hydrogen-bond acceptors (Lipinski definition) is 4. The summed E-state index contributed by atoms with van der Waals surface area (Å²) in [4.78, 5) is 14.8. The van der Waals surface area contributed by atoms with Gasteiger partial charge in [0.1, 0.15) is 0 Å². The van der Waals surface area contributed by atoms with Gasteiger partial charge in [-0.3, -0.25) is 9.89 Å². The number of aryl methyl sites for hydroxylation is 1. The minimum Gasteiger partial charge on any atom is -0.368 e. The lowest BCUT2D eigenvalue weighted by molar-refractivity contribution is 0.119. The molecule has 0 radical (unpaired) electrons. The quantitative estimate of drug-likeness (QED) is 0.389. The van der Waals surface area contributed by atoms with Crippen LogP contribution in [0.15, 0.2) is 29.3 Å². The molecule has 1 aromatic rings. The van der Waals surface area contributed by atoms with Crippen molar-refractivity contribution >= 4 is 35.6 Å². The predicted molar refractivity (Wildman–Crippen MR) is 130 cm³/mol. The van der Waals surface area contributed by atoms with Gasteiger partial charge in [-0.1, -0.05) is 12.1 Å². The topological polar surface area (TPSA) is 37.4 Å². The number of nitrogens with one attached hydrogen (secondary N) is 1. The van der Waals surface area contributed by atoms with Crippen molar-refractivity contribution in [2.75, 3.05) is 77.9 Å². The summed E-state index contributed by atoms with van der Waals surface area (Å²) in [6.07, 6.45) is 0. The molecule has 1 unspecified atom stereocenters. The molecule has 2 aliphatic rings. The smallest absolute Gasteiger partial charge is 0.194 e. The van der Waals surface area contributed by atoms with Crippen LogP contribution in [0.3, 0.4) is 0 Å². The summed E-state index contributed by atoms with van der Waals surface area (Å²) in [5.74, 6) is 1.07. The van der Waals surface area contributed by atoms with E-state index in [1.165, 1.54) is 11.3 Å². The number of benzene rings is 1. The second-order valence-corrected chi connectivity index (χ2v) is 7.90. The molecule has 1 N–H and O–H groups in total. The molecule has 3 rings (SSSR count). The maximum atomic E-state index is 5.00. The molecule has 0 saturated carbocycles. The molecular formula is C21H37IN6. The molecule has 2 aliphatic heterocycles. The molecule has 2 fully saturated rings. The SMILES string of the molecule is CCNC(=NCC1CN(C)CCN1C)N1CCN(c2cccc(C)c2)CC1.I. The van der Waals surface area contributed by atoms with E-state index in [-0.39, 0.29) is 24.0 Å². The Morgan fingerprint density at radius 2 is 1.86 bits per heavy atom. The molecule has 158 valence electrons. The lowest BCUT2D eigenvalue weighted by Crippen LogP contribution is -2.54. The summed E-state index contributed by atoms with van der Waals surface area (Å²) in [5.41, 5.74) is 2.66. The van der Waals surface area contributed by atoms with Gasteiger partial charge in [-0.15, -0.1) is 24.0 Å². The van der Waals surface area contributed by atoms with Gasteiger partial charge in [0.15, 0.2) is 5.96 Å². The summed E-state index contributed by atoms with van der Waals surface area (Å²) >= 11 is 0. The van der Waals surface area contributed by atoms with Crippen LogP contribution >= 0.6 is 24.0 Å². The first-order chi connectivity index (χ1) is 13.1. The van der Waals surface area contributed by atoms with Crippen LogP contribution in [0.5, 0.6) is 0 Å². The molecule has 0 aromatic heterocycles. The second kappa shape index (κ2) is 11.2. The van der Waals surface area contributed by atoms with Gasteiger partial charge in [-0.05, 0) is 45.6 Å². The van der Waals surface area contributed by atoms with Crippen molar-refractivity contribution in [1.82, 2.24) is 20.0 Å². The Labute approximate surface area is 188 Å². The second-order valence-electron chi connectivity index (χ2n) is 7.90. The number of likely N-dealkylation sites (N-methyl/N-ethyl adjacent to an activating group) is 2. The number of rotatable bonds is 4. The predicted octanol–water partition coefficient (Wildman–Crippen LogP) is 1.95. The van der Waals surface area contributed by atoms with Crippen LogP contribution in [0.4, 0.5) is 5.69 Å². The number of halogens is 1. The van der Waals surface area contributed by atoms with E-state index in [4.69, 9.17) is 4.99 Å². The Hall–Kier alpha value is -1.06. The van der Waals surface area contributed by atoms with Crippen LogP contribution in [0.2, 0.25) is 0 Å². The third-order valence-electron chi connectivity index (χ3n) is 5.71. The summed E-state index contributed by atoms with van der Waals surface area (Å²) in [6.45, 7) is 13.6. The lowest BCUT2D eigenvalue weighted by atomic mass is 10.2. The third kappa shape index (κ3) is 6.22. The molecule has 6 nitrogen and oxygen atoms in total. The Morgan fingerprint density at radius 1 is 1.11 bits per heavy atom. The Balaban J connectivity index is 0.00000280. The van der Waals surface area contributed by atoms with E-state index >= 15 is 0 Å². The normalized spacial score (nSPS) is 22.1. The van der Waals surface area contributed by atoms with Crippen LogP contribution in [0.25, 0.3) is 0 Å². The molecule has 2 saturated heterocycles. The zero-order chi connectivity index (χ0) is 19.2. The average Bonchev–Trinajstić information content (AvgIpc) is 2.68. The maximum absolute atomic E-state index is 5.00. The van der Waals surface area contributed by atoms with E-state index in [9.17, 15) is 0 Å². The standard InChI is InChI=1S/C21H36N6.HI/c1-5-22-21(23-16-20-17-24(3)9-10-25(20)4)27-13-11-26(12-14-27)19-8-6-7-18(2)15-19;/h6-8,15,20H,5,9-14,16-17H2,1-4H3,(H,22,23);1H. The van der Waals surface area contributed by atoms with Gasteiger partial charge in [0.05, 0.1) is 6.54 Å². The van der Waals surface area contributed by atoms with Crippen molar-refractivity contribution in [3.8, 4) is 0 Å². The molecule has 1 atom stereocenters. The van der Waals surface area contributed by atoms with E-state index in [0.717, 1.165) is 64.9 Å². The van der Waals surface area contributed by atoms with Gasteiger partial charge >= 0.3 is 0 Å². The fraction of sp³-hybridized carbons (Fsp3) is 0.667. The van der Waals surface area contributed by atoms with Gasteiger partial charge in [0.2, 0.25) is 0 Å². The Morgan fingerprint density at radius 3 is 2.54 bits per heavy atom. The molecule has 0 spiro atoms. The Bertz CT molecular complexity index is 629. The van der Waals surface area contributed by atoms with E-state index in [0.29, 0.717) is 6.04 Å². The number of anilines is 1. The van der Waals surface area contributed by atoms with Crippen molar-refractivity contribution < 1.29 is 0 Å². The van der Waals surface area contributed by atoms with E-state index in [2.05, 4.69) is 77.1 Å². The third-order valence-corrected chi connectivity index (χ3v) is 5.71. The van der Waals surface area contributed by atoms with Gasteiger partial charge < -0.3 is 20.0 Å². The summed E-state index contributed by atoms with van der Waals surface area (Å²) in [6, 6.07) is 9.32. The number of aliphatic imine (C=N–C) groups is 1. The van der Waals surface area contributed by atoms with E-state index in [1.54, 1.807) is 0 Å². The number of hydrogen-bond donors (Lipinski definition) is 1. The highest BCUT2D eigenvalue weighted by atomic mass is 127. The molecule has 0 aliphatic carbocycles. The first-order valence-electron chi connectivity index (χ1n) is 10.3. The monoisotopic (exact) mass is 500 g/mol. The zero-order valence-electron chi connectivity index (χ0n) is 17.9. The van der Waals surface area contributed by atoms with Gasteiger partial charge in [0, 0.05) is 64.1 Å². The van der Waals surface area contributed by atoms with E-state index < -0.39 is 0 Å². The summed E-state index contributed by atoms with van der Waals surface area (Å²) < 4.78 is 0. The maximum Gasteiger partial charge on any atom is 0.194 e. The van der Waals surface area contributed by atoms with Crippen molar-refractivity contribution in [1.29, 1.82) is 0 Å². The molecule has 28 heavy (non-hydrogen) atoms. The highest BCUT2D eigenvalue weighted by Gasteiger charge is 2.23. The van der Waals surface area contributed by atoms with Crippen molar-refractivity contribution in [3.63, 3.8) is 0 Å². The van der Waals surface area contributed by atoms with Crippen molar-refractivity contribution in [2.24, 2.45) is 4.99 Å². The zero-order valence-corrected chi connectivity index (χ0v) is 20.2. The minimum absolute atomic E-state index is 0. The number of nitrogens with zero attached hydrogens (tertiary/aromatic N) is 5. The van der Waals surface area contributed by atoms with Crippen molar-refractivity contribution in [2.45, 2.75) is 19.9 Å². The average molecular weight is 500 g/mol. The fourth-order valence-corrected chi connectivity index (χ4v) is 3.92. The van der Waals surface area contributed by atoms with Gasteiger partial charge in [-0.25, -0.2) is 0 Å². The number of guanidine groups is 1. The highest BCUT2D eigenvalue weighted by molar-refractivity contribution is 14.0. The molecule has 0 amide bonds. The van der Waals surface area contributed by atoms with Crippen LogP contribution in [0.1, 0.15) is 12.5 Å². The molecule has 2 heterocycles. The lowest BCUT2D eigenvalue weighted by Gasteiger charge is -2.39. The molecule has 1 aromatic carbocycles. The first kappa shape index (κ1) is 23.2. The first-order valence-corrected chi connectivity index (χ1v) is 10.3. The molecule has 7 heteroatoms. The molecule has 0 bridgehead atoms. The minimum atomic E-state index is 0.